The Kier molecular flexibility index (Phi) is 8.34. The molecular formula is C41H50O7. The molecule has 7 heteroatoms. The summed E-state index contributed by atoms with van der Waals surface area (Å²) < 4.78 is 0. The highest BCUT2D eigenvalue weighted by molar-refractivity contribution is 6.25. The lowest BCUT2D eigenvalue weighted by Crippen LogP contribution is -2.67. The molecular weight excluding hydrogens is 604 g/mol. The summed E-state index contributed by atoms with van der Waals surface area (Å²) in [4.78, 5) is 41.1. The van der Waals surface area contributed by atoms with Crippen LogP contribution in [0.3, 0.4) is 0 Å². The van der Waals surface area contributed by atoms with E-state index in [1.165, 1.54) is 42.9 Å². The number of rotatable bonds is 6. The van der Waals surface area contributed by atoms with E-state index in [1.54, 1.807) is 6.92 Å². The highest BCUT2D eigenvalue weighted by Gasteiger charge is 2.71. The number of carbonyl (C=O) groups excluding carboxylic acids is 3. The number of hydrogen-bond donors (Lipinski definition) is 4. The Morgan fingerprint density at radius 2 is 1.65 bits per heavy atom. The highest BCUT2D eigenvalue weighted by Crippen LogP contribution is 2.65. The summed E-state index contributed by atoms with van der Waals surface area (Å²) >= 11 is 0. The van der Waals surface area contributed by atoms with Crippen molar-refractivity contribution in [3.05, 3.63) is 75.3 Å². The van der Waals surface area contributed by atoms with Gasteiger partial charge in [0.2, 0.25) is 5.78 Å². The lowest BCUT2D eigenvalue weighted by molar-refractivity contribution is -0.171. The van der Waals surface area contributed by atoms with Gasteiger partial charge in [-0.05, 0) is 97.1 Å². The third-order valence-electron chi connectivity index (χ3n) is 12.4. The van der Waals surface area contributed by atoms with E-state index < -0.39 is 51.0 Å². The fourth-order valence-electron chi connectivity index (χ4n) is 10.2. The first-order valence-corrected chi connectivity index (χ1v) is 17.7. The maximum atomic E-state index is 14.5. The fraction of sp³-hybridized carbons (Fsp3) is 0.537. The smallest absolute Gasteiger partial charge is 0.209 e. The van der Waals surface area contributed by atoms with E-state index >= 15 is 0 Å². The molecule has 256 valence electrons. The minimum Gasteiger partial charge on any atom is -0.511 e. The molecule has 4 aliphatic rings. The van der Waals surface area contributed by atoms with Crippen LogP contribution in [0.2, 0.25) is 0 Å². The Morgan fingerprint density at radius 3 is 2.25 bits per heavy atom. The summed E-state index contributed by atoms with van der Waals surface area (Å²) in [6.07, 6.45) is 7.18. The van der Waals surface area contributed by atoms with Gasteiger partial charge in [-0.1, -0.05) is 78.6 Å². The molecule has 0 radical (unpaired) electrons. The van der Waals surface area contributed by atoms with Crippen LogP contribution in [-0.2, 0) is 28.9 Å². The van der Waals surface area contributed by atoms with Gasteiger partial charge in [-0.2, -0.15) is 0 Å². The summed E-state index contributed by atoms with van der Waals surface area (Å²) in [7, 11) is 0. The first kappa shape index (κ1) is 34.2. The van der Waals surface area contributed by atoms with Crippen LogP contribution in [0.15, 0.2) is 53.0 Å². The fourth-order valence-corrected chi connectivity index (χ4v) is 10.2. The van der Waals surface area contributed by atoms with Crippen molar-refractivity contribution in [1.29, 1.82) is 0 Å². The van der Waals surface area contributed by atoms with Gasteiger partial charge in [0.05, 0.1) is 5.56 Å². The number of aliphatic hydroxyl groups is 3. The van der Waals surface area contributed by atoms with Crippen LogP contribution in [0.4, 0.5) is 0 Å². The SMILES string of the molecule is CCc1ccc(-c2ccc(O)c3c2C[C@]2(C)C[C@]4(C)C(C(C)C)C(O)=C(C(C)=O)C(=O)[C@]4(O)C(O)=C2C3=O)cc1CC1CCC(C)CC1. The first-order chi connectivity index (χ1) is 22.5. The number of allylic oxidation sites excluding steroid dienone is 2. The van der Waals surface area contributed by atoms with Gasteiger partial charge in [0.15, 0.2) is 17.2 Å². The van der Waals surface area contributed by atoms with E-state index in [9.17, 15) is 34.8 Å². The van der Waals surface area contributed by atoms with Crippen molar-refractivity contribution in [3.8, 4) is 16.9 Å². The second-order valence-electron chi connectivity index (χ2n) is 16.1. The number of phenolic OH excluding ortho intramolecular Hbond substituents is 1. The molecule has 0 saturated heterocycles. The summed E-state index contributed by atoms with van der Waals surface area (Å²) in [5.74, 6) is -3.66. The average Bonchev–Trinajstić information content (AvgIpc) is 3.00. The Labute approximate surface area is 283 Å². The maximum Gasteiger partial charge on any atom is 0.209 e. The van der Waals surface area contributed by atoms with Crippen LogP contribution >= 0.6 is 0 Å². The standard InChI is InChI=1S/C41H50O7/c1-8-25-13-14-26(18-27(25)17-24-11-9-22(4)10-12-24)28-15-16-30(43)32-29(28)19-39(6)20-40(7)33(21(2)3)35(44)31(23(5)42)37(46)41(40,48)38(47)34(39)36(32)45/h13-16,18,21-22,24,33,43-44,47-48H,8-12,17,19-20H2,1-7H3/t22?,24?,33?,39-,40-,41+/m1/s1. The van der Waals surface area contributed by atoms with E-state index in [-0.39, 0.29) is 41.4 Å². The number of Topliss-reactive ketones (excluding diaryl/α,β-unsaturated/α-hetero) is 3. The van der Waals surface area contributed by atoms with Crippen LogP contribution in [0, 0.1) is 34.5 Å². The molecule has 4 N–H and O–H groups in total. The van der Waals surface area contributed by atoms with Crippen LogP contribution < -0.4 is 0 Å². The molecule has 0 amide bonds. The zero-order valence-electron chi connectivity index (χ0n) is 29.4. The number of hydrogen-bond acceptors (Lipinski definition) is 7. The van der Waals surface area contributed by atoms with Crippen molar-refractivity contribution < 1.29 is 34.8 Å². The van der Waals surface area contributed by atoms with Gasteiger partial charge in [0.25, 0.3) is 0 Å². The van der Waals surface area contributed by atoms with E-state index in [4.69, 9.17) is 0 Å². The van der Waals surface area contributed by atoms with Gasteiger partial charge in [-0.15, -0.1) is 0 Å². The second kappa shape index (κ2) is 11.7. The van der Waals surface area contributed by atoms with Crippen molar-refractivity contribution in [2.45, 2.75) is 105 Å². The summed E-state index contributed by atoms with van der Waals surface area (Å²) in [5.41, 5.74) is -0.717. The van der Waals surface area contributed by atoms with Crippen molar-refractivity contribution in [2.24, 2.45) is 34.5 Å². The van der Waals surface area contributed by atoms with Crippen molar-refractivity contribution in [1.82, 2.24) is 0 Å². The summed E-state index contributed by atoms with van der Waals surface area (Å²) in [6, 6.07) is 9.83. The lowest BCUT2D eigenvalue weighted by Gasteiger charge is -2.59. The number of fused-ring (bicyclic) bond motifs is 3. The topological polar surface area (TPSA) is 132 Å². The molecule has 1 saturated carbocycles. The molecule has 0 spiro atoms. The summed E-state index contributed by atoms with van der Waals surface area (Å²) in [6.45, 7) is 12.8. The highest BCUT2D eigenvalue weighted by atomic mass is 16.3. The zero-order chi connectivity index (χ0) is 35.1. The molecule has 0 aromatic heterocycles. The second-order valence-corrected chi connectivity index (χ2v) is 16.1. The number of carbonyl (C=O) groups is 3. The molecule has 6 rings (SSSR count). The first-order valence-electron chi connectivity index (χ1n) is 17.7. The number of ketones is 3. The van der Waals surface area contributed by atoms with E-state index in [0.29, 0.717) is 11.5 Å². The van der Waals surface area contributed by atoms with E-state index in [0.717, 1.165) is 36.8 Å². The van der Waals surface area contributed by atoms with Crippen LogP contribution in [0.5, 0.6) is 5.75 Å². The molecule has 48 heavy (non-hydrogen) atoms. The van der Waals surface area contributed by atoms with E-state index in [1.807, 2.05) is 26.8 Å². The molecule has 4 aliphatic carbocycles. The average molecular weight is 655 g/mol. The van der Waals surface area contributed by atoms with Gasteiger partial charge in [-0.3, -0.25) is 14.4 Å². The molecule has 1 unspecified atom stereocenters. The normalized spacial score (nSPS) is 31.9. The molecule has 2 aromatic carbocycles. The Bertz CT molecular complexity index is 1790. The van der Waals surface area contributed by atoms with Crippen molar-refractivity contribution in [2.75, 3.05) is 0 Å². The predicted octanol–water partition coefficient (Wildman–Crippen LogP) is 7.94. The largest absolute Gasteiger partial charge is 0.511 e. The quantitative estimate of drug-likeness (QED) is 0.233. The predicted molar refractivity (Wildman–Crippen MR) is 185 cm³/mol. The van der Waals surface area contributed by atoms with Crippen LogP contribution in [0.25, 0.3) is 11.1 Å². The Morgan fingerprint density at radius 1 is 0.979 bits per heavy atom. The third kappa shape index (κ3) is 4.82. The van der Waals surface area contributed by atoms with Gasteiger partial charge in [0.1, 0.15) is 22.8 Å². The van der Waals surface area contributed by atoms with Crippen LogP contribution in [-0.4, -0.2) is 43.4 Å². The van der Waals surface area contributed by atoms with Gasteiger partial charge in [0, 0.05) is 22.3 Å². The molecule has 1 fully saturated rings. The third-order valence-corrected chi connectivity index (χ3v) is 12.4. The number of aromatic hydroxyl groups is 1. The minimum absolute atomic E-state index is 0.0509. The number of aryl methyl sites for hydroxylation is 1. The molecule has 4 atom stereocenters. The van der Waals surface area contributed by atoms with Gasteiger partial charge >= 0.3 is 0 Å². The van der Waals surface area contributed by atoms with Gasteiger partial charge < -0.3 is 20.4 Å². The number of benzene rings is 2. The van der Waals surface area contributed by atoms with Gasteiger partial charge in [-0.25, -0.2) is 0 Å². The van der Waals surface area contributed by atoms with Crippen molar-refractivity contribution >= 4 is 17.3 Å². The van der Waals surface area contributed by atoms with Crippen LogP contribution in [0.1, 0.15) is 108 Å². The Hall–Kier alpha value is -3.71. The molecule has 0 aliphatic heterocycles. The van der Waals surface area contributed by atoms with Crippen molar-refractivity contribution in [3.63, 3.8) is 0 Å². The monoisotopic (exact) mass is 654 g/mol. The lowest BCUT2D eigenvalue weighted by atomic mass is 9.44. The summed E-state index contributed by atoms with van der Waals surface area (Å²) in [5, 5.41) is 46.8. The molecule has 0 bridgehead atoms. The maximum absolute atomic E-state index is 14.5. The molecule has 0 heterocycles. The minimum atomic E-state index is -2.62. The zero-order valence-corrected chi connectivity index (χ0v) is 29.4. The molecule has 2 aromatic rings. The van der Waals surface area contributed by atoms with E-state index in [2.05, 4.69) is 32.0 Å². The Balaban J connectivity index is 1.51. The number of phenols is 1. The number of aliphatic hydroxyl groups excluding tert-OH is 2. The molecule has 7 nitrogen and oxygen atoms in total.